The fourth-order valence-corrected chi connectivity index (χ4v) is 3.81. The van der Waals surface area contributed by atoms with Crippen molar-refractivity contribution >= 4 is 0 Å². The maximum atomic E-state index is 3.87. The van der Waals surface area contributed by atoms with Crippen molar-refractivity contribution in [1.82, 2.24) is 5.32 Å². The molecule has 4 unspecified atom stereocenters. The Kier molecular flexibility index (Phi) is 7.97. The van der Waals surface area contributed by atoms with Crippen LogP contribution in [0.1, 0.15) is 79.1 Å². The number of hydrogen-bond donors (Lipinski definition) is 1. The molecule has 0 aromatic heterocycles. The van der Waals surface area contributed by atoms with E-state index in [4.69, 9.17) is 0 Å². The summed E-state index contributed by atoms with van der Waals surface area (Å²) in [6.07, 6.45) is 11.3. The van der Waals surface area contributed by atoms with Crippen LogP contribution in [0.2, 0.25) is 0 Å². The zero-order valence-corrected chi connectivity index (χ0v) is 13.2. The summed E-state index contributed by atoms with van der Waals surface area (Å²) in [5, 5.41) is 3.87. The van der Waals surface area contributed by atoms with E-state index in [1.165, 1.54) is 57.9 Å². The Morgan fingerprint density at radius 3 is 2.50 bits per heavy atom. The van der Waals surface area contributed by atoms with Gasteiger partial charge in [0.25, 0.3) is 0 Å². The lowest BCUT2D eigenvalue weighted by Gasteiger charge is -2.38. The monoisotopic (exact) mass is 253 g/mol. The van der Waals surface area contributed by atoms with Crippen molar-refractivity contribution in [2.24, 2.45) is 17.8 Å². The van der Waals surface area contributed by atoms with Gasteiger partial charge < -0.3 is 5.32 Å². The van der Waals surface area contributed by atoms with Crippen LogP contribution in [0.15, 0.2) is 0 Å². The molecule has 0 spiro atoms. The van der Waals surface area contributed by atoms with E-state index in [1.54, 1.807) is 0 Å². The highest BCUT2D eigenvalue weighted by Gasteiger charge is 2.30. The molecule has 0 radical (unpaired) electrons. The van der Waals surface area contributed by atoms with Crippen LogP contribution in [0.4, 0.5) is 0 Å². The van der Waals surface area contributed by atoms with Gasteiger partial charge in [-0.25, -0.2) is 0 Å². The molecule has 4 atom stereocenters. The zero-order valence-electron chi connectivity index (χ0n) is 13.2. The van der Waals surface area contributed by atoms with E-state index in [0.717, 1.165) is 23.8 Å². The molecule has 1 nitrogen and oxygen atoms in total. The topological polar surface area (TPSA) is 12.0 Å². The van der Waals surface area contributed by atoms with Crippen LogP contribution >= 0.6 is 0 Å². The highest BCUT2D eigenvalue weighted by Crippen LogP contribution is 2.35. The molecule has 1 saturated carbocycles. The third-order valence-corrected chi connectivity index (χ3v) is 4.90. The summed E-state index contributed by atoms with van der Waals surface area (Å²) in [4.78, 5) is 0. The first kappa shape index (κ1) is 16.0. The molecule has 1 rings (SSSR count). The van der Waals surface area contributed by atoms with Crippen LogP contribution in [0.3, 0.4) is 0 Å². The van der Waals surface area contributed by atoms with Crippen LogP contribution in [0, 0.1) is 17.8 Å². The van der Waals surface area contributed by atoms with Crippen LogP contribution in [-0.2, 0) is 0 Å². The highest BCUT2D eigenvalue weighted by atomic mass is 14.9. The van der Waals surface area contributed by atoms with E-state index in [9.17, 15) is 0 Å². The smallest absolute Gasteiger partial charge is 0.0121 e. The maximum absolute atomic E-state index is 3.87. The molecule has 0 heterocycles. The quantitative estimate of drug-likeness (QED) is 0.641. The van der Waals surface area contributed by atoms with Gasteiger partial charge >= 0.3 is 0 Å². The summed E-state index contributed by atoms with van der Waals surface area (Å²) in [6, 6.07) is 0.777. The van der Waals surface area contributed by atoms with Crippen molar-refractivity contribution in [3.05, 3.63) is 0 Å². The van der Waals surface area contributed by atoms with Gasteiger partial charge in [-0.1, -0.05) is 53.4 Å². The Hall–Kier alpha value is -0.0400. The largest absolute Gasteiger partial charge is 0.313 e. The predicted octanol–water partition coefficient (Wildman–Crippen LogP) is 5.01. The van der Waals surface area contributed by atoms with Crippen LogP contribution < -0.4 is 5.32 Å². The lowest BCUT2D eigenvalue weighted by atomic mass is 9.73. The molecule has 1 N–H and O–H groups in total. The van der Waals surface area contributed by atoms with E-state index < -0.39 is 0 Å². The summed E-state index contributed by atoms with van der Waals surface area (Å²) in [7, 11) is 0. The molecule has 0 saturated heterocycles. The van der Waals surface area contributed by atoms with Crippen molar-refractivity contribution < 1.29 is 0 Å². The number of rotatable bonds is 8. The molecule has 1 aliphatic carbocycles. The van der Waals surface area contributed by atoms with Gasteiger partial charge in [0.1, 0.15) is 0 Å². The fraction of sp³-hybridized carbons (Fsp3) is 1.00. The minimum Gasteiger partial charge on any atom is -0.313 e. The first-order chi connectivity index (χ1) is 8.72. The Morgan fingerprint density at radius 2 is 1.89 bits per heavy atom. The summed E-state index contributed by atoms with van der Waals surface area (Å²) < 4.78 is 0. The Bertz CT molecular complexity index is 202. The molecule has 0 aliphatic heterocycles. The third-order valence-electron chi connectivity index (χ3n) is 4.90. The van der Waals surface area contributed by atoms with Gasteiger partial charge in [0, 0.05) is 6.04 Å². The molecule has 1 aliphatic rings. The summed E-state index contributed by atoms with van der Waals surface area (Å²) in [6.45, 7) is 10.6. The molecule has 1 fully saturated rings. The van der Waals surface area contributed by atoms with E-state index in [1.807, 2.05) is 0 Å². The lowest BCUT2D eigenvalue weighted by Crippen LogP contribution is -2.43. The SMILES string of the molecule is CCCNC(C(C)CCC)C1CCCC(CC)C1. The number of hydrogen-bond acceptors (Lipinski definition) is 1. The lowest BCUT2D eigenvalue weighted by molar-refractivity contribution is 0.168. The van der Waals surface area contributed by atoms with Crippen molar-refractivity contribution in [3.8, 4) is 0 Å². The molecular weight excluding hydrogens is 218 g/mol. The van der Waals surface area contributed by atoms with E-state index in [-0.39, 0.29) is 0 Å². The van der Waals surface area contributed by atoms with E-state index in [2.05, 4.69) is 33.0 Å². The second-order valence-electron chi connectivity index (χ2n) is 6.45. The van der Waals surface area contributed by atoms with Gasteiger partial charge in [0.2, 0.25) is 0 Å². The Morgan fingerprint density at radius 1 is 1.11 bits per heavy atom. The Labute approximate surface area is 115 Å². The van der Waals surface area contributed by atoms with E-state index >= 15 is 0 Å². The first-order valence-corrected chi connectivity index (χ1v) is 8.46. The average molecular weight is 253 g/mol. The summed E-state index contributed by atoms with van der Waals surface area (Å²) in [5.74, 6) is 2.79. The third kappa shape index (κ3) is 4.91. The standard InChI is InChI=1S/C17H35N/c1-5-9-14(4)17(18-12-6-2)16-11-8-10-15(7-3)13-16/h14-18H,5-13H2,1-4H3. The van der Waals surface area contributed by atoms with Gasteiger partial charge in [-0.2, -0.15) is 0 Å². The fourth-order valence-electron chi connectivity index (χ4n) is 3.81. The van der Waals surface area contributed by atoms with Crippen LogP contribution in [-0.4, -0.2) is 12.6 Å². The Balaban J connectivity index is 2.56. The molecule has 0 bridgehead atoms. The maximum Gasteiger partial charge on any atom is 0.0121 e. The molecule has 0 amide bonds. The normalized spacial score (nSPS) is 28.0. The van der Waals surface area contributed by atoms with Crippen molar-refractivity contribution in [2.75, 3.05) is 6.54 Å². The second kappa shape index (κ2) is 8.96. The second-order valence-corrected chi connectivity index (χ2v) is 6.45. The van der Waals surface area contributed by atoms with Gasteiger partial charge in [-0.05, 0) is 50.0 Å². The molecule has 18 heavy (non-hydrogen) atoms. The van der Waals surface area contributed by atoms with E-state index in [0.29, 0.717) is 0 Å². The van der Waals surface area contributed by atoms with Gasteiger partial charge in [-0.3, -0.25) is 0 Å². The van der Waals surface area contributed by atoms with Gasteiger partial charge in [0.05, 0.1) is 0 Å². The summed E-state index contributed by atoms with van der Waals surface area (Å²) >= 11 is 0. The zero-order chi connectivity index (χ0) is 13.4. The predicted molar refractivity (Wildman–Crippen MR) is 81.9 cm³/mol. The average Bonchev–Trinajstić information content (AvgIpc) is 2.40. The molecule has 0 aromatic rings. The van der Waals surface area contributed by atoms with Crippen molar-refractivity contribution in [3.63, 3.8) is 0 Å². The first-order valence-electron chi connectivity index (χ1n) is 8.46. The molecular formula is C17H35N. The van der Waals surface area contributed by atoms with Crippen LogP contribution in [0.5, 0.6) is 0 Å². The minimum absolute atomic E-state index is 0.777. The molecule has 108 valence electrons. The molecule has 1 heteroatoms. The highest BCUT2D eigenvalue weighted by molar-refractivity contribution is 4.85. The summed E-state index contributed by atoms with van der Waals surface area (Å²) in [5.41, 5.74) is 0. The molecule has 0 aromatic carbocycles. The van der Waals surface area contributed by atoms with Gasteiger partial charge in [0.15, 0.2) is 0 Å². The number of nitrogens with one attached hydrogen (secondary N) is 1. The van der Waals surface area contributed by atoms with Crippen molar-refractivity contribution in [2.45, 2.75) is 85.1 Å². The minimum atomic E-state index is 0.777. The van der Waals surface area contributed by atoms with Crippen LogP contribution in [0.25, 0.3) is 0 Å². The van der Waals surface area contributed by atoms with Gasteiger partial charge in [-0.15, -0.1) is 0 Å². The van der Waals surface area contributed by atoms with Crippen molar-refractivity contribution in [1.29, 1.82) is 0 Å².